The average molecular weight is 118 g/mol. The lowest BCUT2D eigenvalue weighted by Crippen LogP contribution is -2.01. The summed E-state index contributed by atoms with van der Waals surface area (Å²) < 4.78 is 0. The van der Waals surface area contributed by atoms with Crippen molar-refractivity contribution >= 4 is 18.3 Å². The largest absolute Gasteiger partial charge is 0.256 e. The molecular formula is C6H4N3. The first-order valence-corrected chi connectivity index (χ1v) is 2.71. The number of hydrogen-bond acceptors (Lipinski definition) is 3. The fourth-order valence-corrected chi connectivity index (χ4v) is 0.774. The Balaban J connectivity index is 2.46. The zero-order valence-electron chi connectivity index (χ0n) is 4.70. The lowest BCUT2D eigenvalue weighted by Gasteiger charge is -1.97. The van der Waals surface area contributed by atoms with E-state index in [9.17, 15) is 0 Å². The van der Waals surface area contributed by atoms with Gasteiger partial charge in [-0.1, -0.05) is 0 Å². The molecule has 3 nitrogen and oxygen atoms in total. The predicted molar refractivity (Wildman–Crippen MR) is 35.8 cm³/mol. The molecule has 0 saturated carbocycles. The van der Waals surface area contributed by atoms with Crippen molar-refractivity contribution in [2.24, 2.45) is 15.0 Å². The summed E-state index contributed by atoms with van der Waals surface area (Å²) in [5, 5.41) is 0. The fraction of sp³-hybridized carbons (Fsp3) is 0.167. The van der Waals surface area contributed by atoms with Gasteiger partial charge in [0.2, 0.25) is 0 Å². The number of rotatable bonds is 0. The lowest BCUT2D eigenvalue weighted by atomic mass is 10.2. The zero-order chi connectivity index (χ0) is 6.10. The minimum Gasteiger partial charge on any atom is -0.256 e. The van der Waals surface area contributed by atoms with E-state index in [4.69, 9.17) is 0 Å². The molecule has 0 bridgehead atoms. The molecule has 43 valence electrons. The molecule has 2 aliphatic heterocycles. The van der Waals surface area contributed by atoms with Crippen molar-refractivity contribution in [3.05, 3.63) is 11.9 Å². The highest BCUT2D eigenvalue weighted by Gasteiger charge is 2.10. The SMILES string of the molecule is [C]1=C2N=CN=C2CC=N1. The lowest BCUT2D eigenvalue weighted by molar-refractivity contribution is 1.32. The first-order valence-electron chi connectivity index (χ1n) is 2.71. The normalized spacial score (nSPS) is 21.3. The van der Waals surface area contributed by atoms with Gasteiger partial charge in [0.15, 0.2) is 0 Å². The Labute approximate surface area is 52.5 Å². The number of allylic oxidation sites excluding steroid dienone is 1. The quantitative estimate of drug-likeness (QED) is 0.446. The monoisotopic (exact) mass is 118 g/mol. The molecule has 0 aliphatic carbocycles. The molecule has 0 aromatic rings. The van der Waals surface area contributed by atoms with Crippen LogP contribution in [0, 0.1) is 6.20 Å². The molecular weight excluding hydrogens is 114 g/mol. The van der Waals surface area contributed by atoms with E-state index in [0.29, 0.717) is 0 Å². The standard InChI is InChI=1S/C6H4N3/c1-2-7-3-6-5(1)8-4-9-6/h2,4H,1H2. The third-order valence-corrected chi connectivity index (χ3v) is 1.22. The van der Waals surface area contributed by atoms with Crippen LogP contribution in [-0.2, 0) is 0 Å². The van der Waals surface area contributed by atoms with Crippen LogP contribution in [0.4, 0.5) is 0 Å². The Morgan fingerprint density at radius 2 is 2.56 bits per heavy atom. The summed E-state index contributed by atoms with van der Waals surface area (Å²) in [6.45, 7) is 0. The van der Waals surface area contributed by atoms with E-state index in [1.54, 1.807) is 6.21 Å². The molecule has 0 N–H and O–H groups in total. The highest BCUT2D eigenvalue weighted by molar-refractivity contribution is 6.13. The Bertz CT molecular complexity index is 245. The van der Waals surface area contributed by atoms with Gasteiger partial charge in [-0.05, 0) is 0 Å². The minimum atomic E-state index is 0.789. The fourth-order valence-electron chi connectivity index (χ4n) is 0.774. The van der Waals surface area contributed by atoms with Gasteiger partial charge in [0.05, 0.1) is 5.71 Å². The van der Waals surface area contributed by atoms with E-state index < -0.39 is 0 Å². The molecule has 0 amide bonds. The van der Waals surface area contributed by atoms with Crippen LogP contribution in [-0.4, -0.2) is 18.3 Å². The summed E-state index contributed by atoms with van der Waals surface area (Å²) in [5.41, 5.74) is 1.77. The molecule has 0 aromatic heterocycles. The summed E-state index contributed by atoms with van der Waals surface area (Å²) in [6, 6.07) is 0. The summed E-state index contributed by atoms with van der Waals surface area (Å²) in [4.78, 5) is 11.7. The molecule has 2 heterocycles. The van der Waals surface area contributed by atoms with Gasteiger partial charge < -0.3 is 0 Å². The number of aliphatic imine (C=N–C) groups is 3. The molecule has 2 rings (SSSR count). The number of hydrogen-bond donors (Lipinski definition) is 0. The van der Waals surface area contributed by atoms with E-state index in [1.807, 2.05) is 0 Å². The van der Waals surface area contributed by atoms with Crippen LogP contribution < -0.4 is 0 Å². The second-order valence-electron chi connectivity index (χ2n) is 1.80. The van der Waals surface area contributed by atoms with Crippen LogP contribution in [0.5, 0.6) is 0 Å². The van der Waals surface area contributed by atoms with Gasteiger partial charge in [0.1, 0.15) is 18.2 Å². The Kier molecular flexibility index (Phi) is 0.828. The van der Waals surface area contributed by atoms with E-state index in [0.717, 1.165) is 17.8 Å². The van der Waals surface area contributed by atoms with Crippen LogP contribution in [0.1, 0.15) is 6.42 Å². The van der Waals surface area contributed by atoms with Gasteiger partial charge in [-0.25, -0.2) is 9.98 Å². The first-order chi connectivity index (χ1) is 4.47. The van der Waals surface area contributed by atoms with Crippen molar-refractivity contribution in [2.45, 2.75) is 6.42 Å². The molecule has 0 saturated heterocycles. The Morgan fingerprint density at radius 3 is 3.44 bits per heavy atom. The highest BCUT2D eigenvalue weighted by Crippen LogP contribution is 2.10. The average Bonchev–Trinajstić information content (AvgIpc) is 2.33. The van der Waals surface area contributed by atoms with E-state index in [-0.39, 0.29) is 0 Å². The zero-order valence-corrected chi connectivity index (χ0v) is 4.70. The van der Waals surface area contributed by atoms with Crippen molar-refractivity contribution in [3.8, 4) is 0 Å². The molecule has 0 spiro atoms. The predicted octanol–water partition coefficient (Wildman–Crippen LogP) is 0.588. The Hall–Kier alpha value is -1.25. The van der Waals surface area contributed by atoms with Crippen LogP contribution in [0.15, 0.2) is 20.7 Å². The maximum atomic E-state index is 3.99. The smallest absolute Gasteiger partial charge is 0.118 e. The van der Waals surface area contributed by atoms with Gasteiger partial charge in [-0.15, -0.1) is 0 Å². The third kappa shape index (κ3) is 0.614. The van der Waals surface area contributed by atoms with Gasteiger partial charge in [0, 0.05) is 12.6 Å². The summed E-state index contributed by atoms with van der Waals surface area (Å²) in [7, 11) is 0. The van der Waals surface area contributed by atoms with Crippen molar-refractivity contribution in [2.75, 3.05) is 0 Å². The van der Waals surface area contributed by atoms with Crippen LogP contribution in [0.2, 0.25) is 0 Å². The summed E-state index contributed by atoms with van der Waals surface area (Å²) in [6.07, 6.45) is 6.84. The van der Waals surface area contributed by atoms with Crippen molar-refractivity contribution in [3.63, 3.8) is 0 Å². The van der Waals surface area contributed by atoms with E-state index >= 15 is 0 Å². The molecule has 0 fully saturated rings. The molecule has 3 heteroatoms. The van der Waals surface area contributed by atoms with Gasteiger partial charge in [-0.3, -0.25) is 4.99 Å². The van der Waals surface area contributed by atoms with Crippen LogP contribution >= 0.6 is 0 Å². The summed E-state index contributed by atoms with van der Waals surface area (Å²) >= 11 is 0. The first kappa shape index (κ1) is 4.61. The maximum Gasteiger partial charge on any atom is 0.118 e. The summed E-state index contributed by atoms with van der Waals surface area (Å²) in [5.74, 6) is 0. The minimum absolute atomic E-state index is 0.789. The molecule has 2 aliphatic rings. The van der Waals surface area contributed by atoms with Gasteiger partial charge in [-0.2, -0.15) is 0 Å². The second-order valence-corrected chi connectivity index (χ2v) is 1.80. The van der Waals surface area contributed by atoms with Crippen molar-refractivity contribution in [1.29, 1.82) is 0 Å². The molecule has 0 aromatic carbocycles. The molecule has 9 heavy (non-hydrogen) atoms. The molecule has 1 radical (unpaired) electrons. The van der Waals surface area contributed by atoms with E-state index in [1.165, 1.54) is 6.34 Å². The second kappa shape index (κ2) is 1.62. The molecule has 0 unspecified atom stereocenters. The van der Waals surface area contributed by atoms with Gasteiger partial charge in [0.25, 0.3) is 0 Å². The third-order valence-electron chi connectivity index (χ3n) is 1.22. The topological polar surface area (TPSA) is 37.1 Å². The maximum absolute atomic E-state index is 3.99. The highest BCUT2D eigenvalue weighted by atomic mass is 15.0. The molecule has 0 atom stereocenters. The van der Waals surface area contributed by atoms with Gasteiger partial charge >= 0.3 is 0 Å². The number of fused-ring (bicyclic) bond motifs is 1. The van der Waals surface area contributed by atoms with Crippen LogP contribution in [0.3, 0.4) is 0 Å². The Morgan fingerprint density at radius 1 is 1.56 bits per heavy atom. The van der Waals surface area contributed by atoms with Crippen LogP contribution in [0.25, 0.3) is 0 Å². The number of nitrogens with zero attached hydrogens (tertiary/aromatic N) is 3. The van der Waals surface area contributed by atoms with Crippen molar-refractivity contribution < 1.29 is 0 Å². The van der Waals surface area contributed by atoms with Crippen molar-refractivity contribution in [1.82, 2.24) is 0 Å². The van der Waals surface area contributed by atoms with E-state index in [2.05, 4.69) is 21.2 Å².